The van der Waals surface area contributed by atoms with Crippen molar-refractivity contribution in [1.82, 2.24) is 15.1 Å². The smallest absolute Gasteiger partial charge is 0.274 e. The standard InChI is InChI=1S/C12H13N3O/c16-12-11-4-2-1-3-9(11)7-14-15(12)10-5-6-13-8-10/h1-4,7,10,13H,5-6,8H2. The molecule has 2 heterocycles. The van der Waals surface area contributed by atoms with Crippen LogP contribution in [0, 0.1) is 0 Å². The summed E-state index contributed by atoms with van der Waals surface area (Å²) in [6.45, 7) is 1.80. The van der Waals surface area contributed by atoms with E-state index in [1.165, 1.54) is 0 Å². The fraction of sp³-hybridized carbons (Fsp3) is 0.333. The van der Waals surface area contributed by atoms with Gasteiger partial charge in [-0.1, -0.05) is 18.2 Å². The number of hydrogen-bond acceptors (Lipinski definition) is 3. The molecule has 0 bridgehead atoms. The number of benzene rings is 1. The van der Waals surface area contributed by atoms with E-state index in [2.05, 4.69) is 10.4 Å². The highest BCUT2D eigenvalue weighted by Crippen LogP contribution is 2.13. The summed E-state index contributed by atoms with van der Waals surface area (Å²) in [5, 5.41) is 9.16. The molecular formula is C12H13N3O. The first kappa shape index (κ1) is 9.54. The molecule has 1 unspecified atom stereocenters. The molecule has 82 valence electrons. The molecule has 4 nitrogen and oxygen atoms in total. The van der Waals surface area contributed by atoms with Crippen LogP contribution in [0.25, 0.3) is 10.8 Å². The highest BCUT2D eigenvalue weighted by atomic mass is 16.1. The molecule has 1 atom stereocenters. The van der Waals surface area contributed by atoms with Gasteiger partial charge in [0.1, 0.15) is 0 Å². The molecule has 2 aromatic rings. The van der Waals surface area contributed by atoms with Crippen LogP contribution in [0.2, 0.25) is 0 Å². The summed E-state index contributed by atoms with van der Waals surface area (Å²) in [6, 6.07) is 7.79. The molecule has 1 aromatic carbocycles. The van der Waals surface area contributed by atoms with Crippen LogP contribution in [0.1, 0.15) is 12.5 Å². The predicted octanol–water partition coefficient (Wildman–Crippen LogP) is 0.931. The van der Waals surface area contributed by atoms with Gasteiger partial charge in [0.05, 0.1) is 17.6 Å². The Labute approximate surface area is 92.9 Å². The highest BCUT2D eigenvalue weighted by Gasteiger charge is 2.18. The fourth-order valence-corrected chi connectivity index (χ4v) is 2.21. The van der Waals surface area contributed by atoms with Crippen molar-refractivity contribution in [2.75, 3.05) is 13.1 Å². The third kappa shape index (κ3) is 1.42. The third-order valence-corrected chi connectivity index (χ3v) is 3.10. The average Bonchev–Trinajstić information content (AvgIpc) is 2.83. The summed E-state index contributed by atoms with van der Waals surface area (Å²) < 4.78 is 1.61. The third-order valence-electron chi connectivity index (χ3n) is 3.10. The molecule has 16 heavy (non-hydrogen) atoms. The van der Waals surface area contributed by atoms with Gasteiger partial charge in [-0.15, -0.1) is 0 Å². The molecular weight excluding hydrogens is 202 g/mol. The normalized spacial score (nSPS) is 20.4. The van der Waals surface area contributed by atoms with Crippen LogP contribution < -0.4 is 10.9 Å². The Bertz CT molecular complexity index is 570. The highest BCUT2D eigenvalue weighted by molar-refractivity contribution is 5.80. The van der Waals surface area contributed by atoms with Gasteiger partial charge >= 0.3 is 0 Å². The summed E-state index contributed by atoms with van der Waals surface area (Å²) >= 11 is 0. The predicted molar refractivity (Wildman–Crippen MR) is 62.5 cm³/mol. The minimum Gasteiger partial charge on any atom is -0.315 e. The molecule has 3 rings (SSSR count). The first-order valence-electron chi connectivity index (χ1n) is 5.53. The molecule has 1 aromatic heterocycles. The largest absolute Gasteiger partial charge is 0.315 e. The summed E-state index contributed by atoms with van der Waals surface area (Å²) in [4.78, 5) is 12.2. The molecule has 4 heteroatoms. The quantitative estimate of drug-likeness (QED) is 0.769. The van der Waals surface area contributed by atoms with E-state index in [1.807, 2.05) is 24.3 Å². The first-order valence-corrected chi connectivity index (χ1v) is 5.53. The van der Waals surface area contributed by atoms with E-state index in [-0.39, 0.29) is 11.6 Å². The van der Waals surface area contributed by atoms with E-state index in [0.29, 0.717) is 0 Å². The maximum Gasteiger partial charge on any atom is 0.274 e. The molecule has 1 N–H and O–H groups in total. The zero-order chi connectivity index (χ0) is 11.0. The molecule has 1 aliphatic rings. The van der Waals surface area contributed by atoms with E-state index < -0.39 is 0 Å². The zero-order valence-electron chi connectivity index (χ0n) is 8.89. The lowest BCUT2D eigenvalue weighted by molar-refractivity contribution is 0.469. The number of hydrogen-bond donors (Lipinski definition) is 1. The lowest BCUT2D eigenvalue weighted by atomic mass is 10.2. The second kappa shape index (κ2) is 3.72. The van der Waals surface area contributed by atoms with Crippen molar-refractivity contribution >= 4 is 10.8 Å². The van der Waals surface area contributed by atoms with Crippen LogP contribution in [-0.2, 0) is 0 Å². The van der Waals surface area contributed by atoms with E-state index in [9.17, 15) is 4.79 Å². The van der Waals surface area contributed by atoms with Crippen molar-refractivity contribution in [2.24, 2.45) is 0 Å². The minimum absolute atomic E-state index is 0.0202. The summed E-state index contributed by atoms with van der Waals surface area (Å²) in [6.07, 6.45) is 2.75. The Balaban J connectivity index is 2.19. The van der Waals surface area contributed by atoms with Crippen LogP contribution >= 0.6 is 0 Å². The molecule has 0 saturated carbocycles. The van der Waals surface area contributed by atoms with Gasteiger partial charge in [-0.25, -0.2) is 4.68 Å². The lowest BCUT2D eigenvalue weighted by Crippen LogP contribution is -2.28. The Hall–Kier alpha value is -1.68. The van der Waals surface area contributed by atoms with E-state index in [0.717, 1.165) is 30.3 Å². The molecule has 1 fully saturated rings. The van der Waals surface area contributed by atoms with Gasteiger partial charge in [0, 0.05) is 11.9 Å². The SMILES string of the molecule is O=c1c2ccccc2cnn1C1CCNC1. The zero-order valence-corrected chi connectivity index (χ0v) is 8.89. The van der Waals surface area contributed by atoms with E-state index in [1.54, 1.807) is 10.9 Å². The number of nitrogens with zero attached hydrogens (tertiary/aromatic N) is 2. The number of nitrogens with one attached hydrogen (secondary N) is 1. The van der Waals surface area contributed by atoms with Crippen molar-refractivity contribution in [3.8, 4) is 0 Å². The molecule has 0 radical (unpaired) electrons. The molecule has 0 aliphatic carbocycles. The van der Waals surface area contributed by atoms with Crippen molar-refractivity contribution < 1.29 is 0 Å². The topological polar surface area (TPSA) is 46.9 Å². The summed E-state index contributed by atoms with van der Waals surface area (Å²) in [5.41, 5.74) is 0.0202. The van der Waals surface area contributed by atoms with Crippen LogP contribution in [-0.4, -0.2) is 22.9 Å². The molecule has 0 amide bonds. The second-order valence-electron chi connectivity index (χ2n) is 4.13. The van der Waals surface area contributed by atoms with Crippen LogP contribution in [0.15, 0.2) is 35.3 Å². The van der Waals surface area contributed by atoms with Crippen LogP contribution in [0.4, 0.5) is 0 Å². The number of rotatable bonds is 1. The Morgan fingerprint density at radius 1 is 1.38 bits per heavy atom. The average molecular weight is 215 g/mol. The molecule has 1 aliphatic heterocycles. The van der Waals surface area contributed by atoms with Crippen molar-refractivity contribution in [3.63, 3.8) is 0 Å². The fourth-order valence-electron chi connectivity index (χ4n) is 2.21. The monoisotopic (exact) mass is 215 g/mol. The maximum absolute atomic E-state index is 12.2. The Morgan fingerprint density at radius 3 is 3.06 bits per heavy atom. The van der Waals surface area contributed by atoms with E-state index >= 15 is 0 Å². The van der Waals surface area contributed by atoms with Gasteiger partial charge in [-0.3, -0.25) is 4.79 Å². The van der Waals surface area contributed by atoms with Crippen molar-refractivity contribution in [3.05, 3.63) is 40.8 Å². The van der Waals surface area contributed by atoms with Crippen LogP contribution in [0.5, 0.6) is 0 Å². The molecule has 0 spiro atoms. The molecule has 1 saturated heterocycles. The van der Waals surface area contributed by atoms with Gasteiger partial charge in [0.15, 0.2) is 0 Å². The first-order chi connectivity index (χ1) is 7.86. The van der Waals surface area contributed by atoms with Gasteiger partial charge < -0.3 is 5.32 Å². The summed E-state index contributed by atoms with van der Waals surface area (Å²) in [5.74, 6) is 0. The Kier molecular flexibility index (Phi) is 2.22. The van der Waals surface area contributed by atoms with Gasteiger partial charge in [0.2, 0.25) is 0 Å². The van der Waals surface area contributed by atoms with Crippen LogP contribution in [0.3, 0.4) is 0 Å². The van der Waals surface area contributed by atoms with Gasteiger partial charge in [-0.2, -0.15) is 5.10 Å². The Morgan fingerprint density at radius 2 is 2.25 bits per heavy atom. The minimum atomic E-state index is 0.0202. The van der Waals surface area contributed by atoms with E-state index in [4.69, 9.17) is 0 Å². The number of fused-ring (bicyclic) bond motifs is 1. The second-order valence-corrected chi connectivity index (χ2v) is 4.13. The van der Waals surface area contributed by atoms with Crippen molar-refractivity contribution in [2.45, 2.75) is 12.5 Å². The number of aromatic nitrogens is 2. The van der Waals surface area contributed by atoms with Crippen molar-refractivity contribution in [1.29, 1.82) is 0 Å². The maximum atomic E-state index is 12.2. The van der Waals surface area contributed by atoms with Gasteiger partial charge in [-0.05, 0) is 19.0 Å². The summed E-state index contributed by atoms with van der Waals surface area (Å²) in [7, 11) is 0. The lowest BCUT2D eigenvalue weighted by Gasteiger charge is -2.11. The van der Waals surface area contributed by atoms with Gasteiger partial charge in [0.25, 0.3) is 5.56 Å².